The molecule has 148 valence electrons. The quantitative estimate of drug-likeness (QED) is 0.430. The Bertz CT molecular complexity index is 848. The Hall–Kier alpha value is -1.45. The van der Waals surface area contributed by atoms with Gasteiger partial charge in [-0.25, -0.2) is 15.0 Å². The Balaban J connectivity index is 1.86. The zero-order valence-electron chi connectivity index (χ0n) is 15.1. The largest absolute Gasteiger partial charge is 0.387 e. The van der Waals surface area contributed by atoms with E-state index in [1.54, 1.807) is 4.57 Å². The van der Waals surface area contributed by atoms with Crippen LogP contribution in [0.25, 0.3) is 11.2 Å². The van der Waals surface area contributed by atoms with Crippen LogP contribution < -0.4 is 5.73 Å². The molecule has 0 aliphatic carbocycles. The van der Waals surface area contributed by atoms with Crippen molar-refractivity contribution in [2.75, 3.05) is 23.4 Å². The number of aryl methyl sites for hydroxylation is 1. The van der Waals surface area contributed by atoms with Gasteiger partial charge in [0.05, 0.1) is 18.6 Å². The smallest absolute Gasteiger partial charge is 0.167 e. The first-order chi connectivity index (χ1) is 13.0. The molecule has 2 aromatic rings. The van der Waals surface area contributed by atoms with E-state index in [0.717, 1.165) is 17.9 Å². The van der Waals surface area contributed by atoms with Gasteiger partial charge >= 0.3 is 0 Å². The number of aliphatic hydroxyl groups excluding tert-OH is 2. The topological polar surface area (TPSA) is 136 Å². The second kappa shape index (κ2) is 8.70. The van der Waals surface area contributed by atoms with Gasteiger partial charge in [0.15, 0.2) is 26.2 Å². The molecule has 0 saturated carbocycles. The van der Waals surface area contributed by atoms with E-state index in [0.29, 0.717) is 23.4 Å². The minimum atomic E-state index is -1.19. The van der Waals surface area contributed by atoms with E-state index in [1.807, 2.05) is 0 Å². The molecule has 1 aliphatic heterocycles. The van der Waals surface area contributed by atoms with Crippen LogP contribution in [0.5, 0.6) is 0 Å². The minimum Gasteiger partial charge on any atom is -0.387 e. The van der Waals surface area contributed by atoms with Crippen molar-refractivity contribution in [2.45, 2.75) is 44.3 Å². The Labute approximate surface area is 161 Å². The molecule has 11 heteroatoms. The molecular formula is C16H24N5O4PS. The van der Waals surface area contributed by atoms with Crippen molar-refractivity contribution >= 4 is 41.8 Å². The summed E-state index contributed by atoms with van der Waals surface area (Å²) in [5, 5.41) is 20.5. The van der Waals surface area contributed by atoms with Gasteiger partial charge in [-0.3, -0.25) is 9.13 Å². The molecular weight excluding hydrogens is 389 g/mol. The summed E-state index contributed by atoms with van der Waals surface area (Å²) in [5.74, 6) is 7.02. The summed E-state index contributed by atoms with van der Waals surface area (Å²) >= 11 is 0. The highest BCUT2D eigenvalue weighted by Gasteiger charge is 2.44. The van der Waals surface area contributed by atoms with Crippen LogP contribution in [0.1, 0.15) is 25.4 Å². The molecule has 1 unspecified atom stereocenters. The summed E-state index contributed by atoms with van der Waals surface area (Å²) in [6.45, 7) is 2.12. The van der Waals surface area contributed by atoms with E-state index in [-0.39, 0.29) is 30.9 Å². The number of nitrogens with two attached hydrogens (primary N) is 1. The van der Waals surface area contributed by atoms with E-state index in [9.17, 15) is 14.8 Å². The highest BCUT2D eigenvalue weighted by molar-refractivity contribution is 8.14. The minimum absolute atomic E-state index is 0.0914. The lowest BCUT2D eigenvalue weighted by Gasteiger charge is -2.16. The average Bonchev–Trinajstić information content (AvgIpc) is 3.18. The number of fused-ring (bicyclic) bond motifs is 1. The predicted octanol–water partition coefficient (Wildman–Crippen LogP) is 0.973. The average molecular weight is 413 g/mol. The molecule has 0 radical (unpaired) electrons. The van der Waals surface area contributed by atoms with Gasteiger partial charge < -0.3 is 20.7 Å². The number of nitrogen functional groups attached to an aromatic ring is 1. The Morgan fingerprint density at radius 1 is 1.41 bits per heavy atom. The Morgan fingerprint density at radius 3 is 2.89 bits per heavy atom. The first-order valence-corrected chi connectivity index (χ1v) is 11.5. The van der Waals surface area contributed by atoms with Crippen molar-refractivity contribution < 1.29 is 19.5 Å². The molecule has 4 N–H and O–H groups in total. The number of hydrogen-bond donors (Lipinski definition) is 3. The predicted molar refractivity (Wildman–Crippen MR) is 107 cm³/mol. The fourth-order valence-corrected chi connectivity index (χ4v) is 4.34. The van der Waals surface area contributed by atoms with Gasteiger partial charge in [-0.05, 0) is 17.9 Å². The lowest BCUT2D eigenvalue weighted by molar-refractivity contribution is -0.0290. The molecule has 1 saturated heterocycles. The highest BCUT2D eigenvalue weighted by Crippen LogP contribution is 2.33. The van der Waals surface area contributed by atoms with Crippen LogP contribution in [-0.2, 0) is 15.7 Å². The Kier molecular flexibility index (Phi) is 6.54. The SMILES string of the molecule is C=S(CC)CCCc1nc(N)c2ncn([C@@H]3O[C@H](CP=O)[C@@H](O)[C@H]3O)c2n1. The number of aliphatic hydroxyl groups is 2. The van der Waals surface area contributed by atoms with Crippen LogP contribution in [-0.4, -0.2) is 71.6 Å². The third-order valence-electron chi connectivity index (χ3n) is 4.60. The van der Waals surface area contributed by atoms with Crippen molar-refractivity contribution in [3.63, 3.8) is 0 Å². The van der Waals surface area contributed by atoms with Crippen molar-refractivity contribution in [1.82, 2.24) is 19.5 Å². The number of ether oxygens (including phenoxy) is 1. The molecule has 0 bridgehead atoms. The summed E-state index contributed by atoms with van der Waals surface area (Å²) < 4.78 is 18.1. The zero-order valence-corrected chi connectivity index (χ0v) is 16.8. The van der Waals surface area contributed by atoms with Crippen molar-refractivity contribution in [2.24, 2.45) is 0 Å². The molecule has 27 heavy (non-hydrogen) atoms. The molecule has 3 rings (SSSR count). The molecule has 5 atom stereocenters. The van der Waals surface area contributed by atoms with Crippen LogP contribution in [0.15, 0.2) is 6.33 Å². The van der Waals surface area contributed by atoms with Gasteiger partial charge in [-0.15, -0.1) is 0 Å². The normalized spacial score (nSPS) is 26.8. The van der Waals surface area contributed by atoms with Gasteiger partial charge in [0.2, 0.25) is 0 Å². The summed E-state index contributed by atoms with van der Waals surface area (Å²) in [5.41, 5.74) is 6.89. The summed E-state index contributed by atoms with van der Waals surface area (Å²) in [6.07, 6.45) is -0.822. The first kappa shape index (κ1) is 20.3. The molecule has 3 heterocycles. The maximum Gasteiger partial charge on any atom is 0.167 e. The van der Waals surface area contributed by atoms with E-state index in [4.69, 9.17) is 10.5 Å². The van der Waals surface area contributed by atoms with E-state index in [1.165, 1.54) is 6.33 Å². The third-order valence-corrected chi connectivity index (χ3v) is 6.79. The van der Waals surface area contributed by atoms with Gasteiger partial charge in [-0.1, -0.05) is 12.8 Å². The fraction of sp³-hybridized carbons (Fsp3) is 0.625. The van der Waals surface area contributed by atoms with Crippen molar-refractivity contribution in [1.29, 1.82) is 0 Å². The van der Waals surface area contributed by atoms with Crippen LogP contribution in [0, 0.1) is 0 Å². The highest BCUT2D eigenvalue weighted by atomic mass is 32.2. The maximum absolute atomic E-state index is 10.8. The second-order valence-corrected chi connectivity index (χ2v) is 9.25. The van der Waals surface area contributed by atoms with Crippen LogP contribution in [0.4, 0.5) is 5.82 Å². The summed E-state index contributed by atoms with van der Waals surface area (Å²) in [6, 6.07) is 0. The molecule has 9 nitrogen and oxygen atoms in total. The van der Waals surface area contributed by atoms with E-state index < -0.39 is 24.5 Å². The molecule has 0 aromatic carbocycles. The summed E-state index contributed by atoms with van der Waals surface area (Å²) in [4.78, 5) is 13.1. The molecule has 0 spiro atoms. The fourth-order valence-electron chi connectivity index (χ4n) is 3.05. The number of anilines is 1. The monoisotopic (exact) mass is 413 g/mol. The van der Waals surface area contributed by atoms with Gasteiger partial charge in [-0.2, -0.15) is 10.5 Å². The maximum atomic E-state index is 10.8. The zero-order chi connectivity index (χ0) is 19.6. The lowest BCUT2D eigenvalue weighted by atomic mass is 10.1. The number of imidazole rings is 1. The van der Waals surface area contributed by atoms with Crippen molar-refractivity contribution in [3.8, 4) is 0 Å². The van der Waals surface area contributed by atoms with Crippen LogP contribution >= 0.6 is 18.9 Å². The van der Waals surface area contributed by atoms with Gasteiger partial charge in [0, 0.05) is 6.42 Å². The third kappa shape index (κ3) is 4.20. The number of nitrogens with zero attached hydrogens (tertiary/aromatic N) is 4. The number of aromatic nitrogens is 4. The van der Waals surface area contributed by atoms with E-state index >= 15 is 0 Å². The Morgan fingerprint density at radius 2 is 2.19 bits per heavy atom. The first-order valence-electron chi connectivity index (χ1n) is 8.73. The standard InChI is InChI=1S/C16H24N5O4PS/c1-3-27(2)6-4-5-10-19-14(17)11-15(20-10)21(8-18-11)16-13(23)12(22)9(25-16)7-26-24/h8-9,12-13,16,22-23H,2-7H2,1H3,(H2,17,19,20)/t9-,12-,13-,16-,27?/m1/s1. The second-order valence-electron chi connectivity index (χ2n) is 6.42. The van der Waals surface area contributed by atoms with E-state index in [2.05, 4.69) is 27.7 Å². The van der Waals surface area contributed by atoms with Crippen molar-refractivity contribution in [3.05, 3.63) is 12.2 Å². The molecule has 0 amide bonds. The molecule has 1 fully saturated rings. The molecule has 1 aliphatic rings. The molecule has 2 aromatic heterocycles. The van der Waals surface area contributed by atoms with Gasteiger partial charge in [0.25, 0.3) is 0 Å². The lowest BCUT2D eigenvalue weighted by Crippen LogP contribution is -2.32. The summed E-state index contributed by atoms with van der Waals surface area (Å²) in [7, 11) is -0.0178. The van der Waals surface area contributed by atoms with Crippen LogP contribution in [0.3, 0.4) is 0 Å². The number of rotatable bonds is 8. The number of hydrogen-bond acceptors (Lipinski definition) is 8. The van der Waals surface area contributed by atoms with Gasteiger partial charge in [0.1, 0.15) is 23.5 Å². The van der Waals surface area contributed by atoms with Crippen LogP contribution in [0.2, 0.25) is 0 Å².